The molecule has 1 unspecified atom stereocenters. The summed E-state index contributed by atoms with van der Waals surface area (Å²) in [5.41, 5.74) is 0.909. The molecule has 6 nitrogen and oxygen atoms in total. The van der Waals surface area contributed by atoms with E-state index in [9.17, 15) is 9.90 Å². The first kappa shape index (κ1) is 20.9. The first-order valence-corrected chi connectivity index (χ1v) is 10.0. The van der Waals surface area contributed by atoms with E-state index >= 15 is 0 Å². The summed E-state index contributed by atoms with van der Waals surface area (Å²) in [6, 6.07) is 11.7. The van der Waals surface area contributed by atoms with E-state index < -0.39 is 5.60 Å². The molecule has 7 heteroatoms. The predicted molar refractivity (Wildman–Crippen MR) is 111 cm³/mol. The highest BCUT2D eigenvalue weighted by Gasteiger charge is 2.23. The average Bonchev–Trinajstić information content (AvgIpc) is 3.21. The van der Waals surface area contributed by atoms with Gasteiger partial charge in [0.2, 0.25) is 5.91 Å². The van der Waals surface area contributed by atoms with Crippen molar-refractivity contribution in [3.8, 4) is 0 Å². The van der Waals surface area contributed by atoms with Gasteiger partial charge >= 0.3 is 0 Å². The Labute approximate surface area is 164 Å². The van der Waals surface area contributed by atoms with Gasteiger partial charge < -0.3 is 21.1 Å². The lowest BCUT2D eigenvalue weighted by atomic mass is 10.00. The first-order chi connectivity index (χ1) is 13.0. The van der Waals surface area contributed by atoms with Crippen molar-refractivity contribution in [2.24, 2.45) is 4.99 Å². The van der Waals surface area contributed by atoms with E-state index in [1.54, 1.807) is 18.3 Å². The van der Waals surface area contributed by atoms with E-state index in [0.717, 1.165) is 11.1 Å². The lowest BCUT2D eigenvalue weighted by molar-refractivity contribution is -0.121. The van der Waals surface area contributed by atoms with Gasteiger partial charge in [-0.25, -0.2) is 4.99 Å². The van der Waals surface area contributed by atoms with Crippen LogP contribution < -0.4 is 16.0 Å². The van der Waals surface area contributed by atoms with E-state index in [1.165, 1.54) is 0 Å². The highest BCUT2D eigenvalue weighted by atomic mass is 32.1. The Morgan fingerprint density at radius 3 is 2.63 bits per heavy atom. The Morgan fingerprint density at radius 2 is 1.96 bits per heavy atom. The van der Waals surface area contributed by atoms with Crippen LogP contribution in [0.3, 0.4) is 0 Å². The molecule has 0 aliphatic carbocycles. The van der Waals surface area contributed by atoms with Crippen LogP contribution in [-0.2, 0) is 16.9 Å². The van der Waals surface area contributed by atoms with Crippen LogP contribution in [0.4, 0.5) is 0 Å². The number of aliphatic hydroxyl groups is 1. The fourth-order valence-corrected chi connectivity index (χ4v) is 3.20. The molecule has 1 aromatic carbocycles. The highest BCUT2D eigenvalue weighted by molar-refractivity contribution is 7.08. The van der Waals surface area contributed by atoms with Gasteiger partial charge in [0.05, 0.1) is 6.54 Å². The third-order valence-corrected chi connectivity index (χ3v) is 4.69. The quantitative estimate of drug-likeness (QED) is 0.392. The molecular weight excluding hydrogens is 360 g/mol. The third-order valence-electron chi connectivity index (χ3n) is 4.01. The number of thiophene rings is 1. The standard InChI is InChI=1S/C20H28N4O2S/c1-3-21-19(24-15-20(2,26)17-10-12-27-14-17)22-11-9-18(25)23-13-16-7-5-4-6-8-16/h4-8,10,12,14,26H,3,9,11,13,15H2,1-2H3,(H,23,25)(H2,21,22,24). The fourth-order valence-electron chi connectivity index (χ4n) is 2.42. The van der Waals surface area contributed by atoms with E-state index in [1.807, 2.05) is 54.1 Å². The maximum absolute atomic E-state index is 12.0. The van der Waals surface area contributed by atoms with Gasteiger partial charge in [0, 0.05) is 26.1 Å². The zero-order valence-electron chi connectivity index (χ0n) is 15.9. The molecule has 0 aliphatic heterocycles. The monoisotopic (exact) mass is 388 g/mol. The number of carbonyl (C=O) groups is 1. The van der Waals surface area contributed by atoms with Gasteiger partial charge in [-0.15, -0.1) is 0 Å². The lowest BCUT2D eigenvalue weighted by Crippen LogP contribution is -2.40. The zero-order valence-corrected chi connectivity index (χ0v) is 16.7. The van der Waals surface area contributed by atoms with Crippen LogP contribution in [-0.4, -0.2) is 36.6 Å². The summed E-state index contributed by atoms with van der Waals surface area (Å²) < 4.78 is 0. The second-order valence-corrected chi connectivity index (χ2v) is 7.20. The van der Waals surface area contributed by atoms with Crippen molar-refractivity contribution >= 4 is 23.2 Å². The molecule has 1 amide bonds. The number of nitrogens with one attached hydrogen (secondary N) is 3. The number of nitrogens with zero attached hydrogens (tertiary/aromatic N) is 1. The number of hydrogen-bond acceptors (Lipinski definition) is 4. The molecule has 0 fully saturated rings. The Balaban J connectivity index is 1.77. The number of aliphatic imine (C=N–C) groups is 1. The Bertz CT molecular complexity index is 715. The normalized spacial score (nSPS) is 13.7. The van der Waals surface area contributed by atoms with Crippen molar-refractivity contribution in [1.82, 2.24) is 16.0 Å². The first-order valence-electron chi connectivity index (χ1n) is 9.09. The van der Waals surface area contributed by atoms with Crippen molar-refractivity contribution in [3.05, 3.63) is 58.3 Å². The largest absolute Gasteiger partial charge is 0.383 e. The van der Waals surface area contributed by atoms with E-state index in [-0.39, 0.29) is 12.5 Å². The number of hydrogen-bond donors (Lipinski definition) is 4. The molecule has 1 heterocycles. The van der Waals surface area contributed by atoms with Gasteiger partial charge in [-0.1, -0.05) is 30.3 Å². The molecule has 0 aliphatic rings. The summed E-state index contributed by atoms with van der Waals surface area (Å²) in [5, 5.41) is 23.6. The summed E-state index contributed by atoms with van der Waals surface area (Å²) in [7, 11) is 0. The zero-order chi connectivity index (χ0) is 19.5. The second kappa shape index (κ2) is 10.7. The van der Waals surface area contributed by atoms with Gasteiger partial charge in [-0.3, -0.25) is 4.79 Å². The van der Waals surface area contributed by atoms with Crippen molar-refractivity contribution in [2.75, 3.05) is 19.6 Å². The van der Waals surface area contributed by atoms with Crippen LogP contribution in [0.25, 0.3) is 0 Å². The van der Waals surface area contributed by atoms with Crippen molar-refractivity contribution in [2.45, 2.75) is 32.4 Å². The molecular formula is C20H28N4O2S. The predicted octanol–water partition coefficient (Wildman–Crippen LogP) is 2.22. The molecule has 0 saturated heterocycles. The number of rotatable bonds is 9. The molecule has 4 N–H and O–H groups in total. The maximum Gasteiger partial charge on any atom is 0.222 e. The molecule has 0 bridgehead atoms. The van der Waals surface area contributed by atoms with E-state index in [0.29, 0.717) is 32.0 Å². The van der Waals surface area contributed by atoms with Crippen LogP contribution in [0.1, 0.15) is 31.4 Å². The molecule has 0 saturated carbocycles. The summed E-state index contributed by atoms with van der Waals surface area (Å²) in [6.07, 6.45) is 0.345. The summed E-state index contributed by atoms with van der Waals surface area (Å²) in [5.74, 6) is 0.566. The summed E-state index contributed by atoms with van der Waals surface area (Å²) >= 11 is 1.55. The number of amides is 1. The third kappa shape index (κ3) is 7.40. The van der Waals surface area contributed by atoms with Crippen molar-refractivity contribution in [1.29, 1.82) is 0 Å². The minimum atomic E-state index is -1.02. The summed E-state index contributed by atoms with van der Waals surface area (Å²) in [4.78, 5) is 16.4. The van der Waals surface area contributed by atoms with Crippen molar-refractivity contribution < 1.29 is 9.90 Å². The van der Waals surface area contributed by atoms with Crippen molar-refractivity contribution in [3.63, 3.8) is 0 Å². The van der Waals surface area contributed by atoms with Crippen LogP contribution >= 0.6 is 11.3 Å². The molecule has 2 aromatic rings. The topological polar surface area (TPSA) is 85.8 Å². The van der Waals surface area contributed by atoms with Crippen LogP contribution in [0.2, 0.25) is 0 Å². The molecule has 0 spiro atoms. The SMILES string of the molecule is CCNC(=NCC(C)(O)c1ccsc1)NCCC(=O)NCc1ccccc1. The molecule has 1 aromatic heterocycles. The average molecular weight is 389 g/mol. The number of guanidine groups is 1. The smallest absolute Gasteiger partial charge is 0.222 e. The minimum Gasteiger partial charge on any atom is -0.383 e. The van der Waals surface area contributed by atoms with Crippen LogP contribution in [0.5, 0.6) is 0 Å². The van der Waals surface area contributed by atoms with E-state index in [2.05, 4.69) is 20.9 Å². The Morgan fingerprint density at radius 1 is 1.19 bits per heavy atom. The van der Waals surface area contributed by atoms with Gasteiger partial charge in [-0.2, -0.15) is 11.3 Å². The minimum absolute atomic E-state index is 0.0209. The molecule has 27 heavy (non-hydrogen) atoms. The highest BCUT2D eigenvalue weighted by Crippen LogP contribution is 2.23. The molecule has 1 atom stereocenters. The fraction of sp³-hybridized carbons (Fsp3) is 0.400. The van der Waals surface area contributed by atoms with Crippen LogP contribution in [0, 0.1) is 0 Å². The van der Waals surface area contributed by atoms with Crippen LogP contribution in [0.15, 0.2) is 52.2 Å². The Kier molecular flexibility index (Phi) is 8.29. The number of benzene rings is 1. The van der Waals surface area contributed by atoms with Gasteiger partial charge in [0.25, 0.3) is 0 Å². The van der Waals surface area contributed by atoms with Gasteiger partial charge in [-0.05, 0) is 41.8 Å². The summed E-state index contributed by atoms with van der Waals surface area (Å²) in [6.45, 7) is 5.65. The molecule has 0 radical (unpaired) electrons. The Hall–Kier alpha value is -2.38. The maximum atomic E-state index is 12.0. The lowest BCUT2D eigenvalue weighted by Gasteiger charge is -2.21. The second-order valence-electron chi connectivity index (χ2n) is 6.42. The molecule has 2 rings (SSSR count). The van der Waals surface area contributed by atoms with Gasteiger partial charge in [0.1, 0.15) is 5.60 Å². The number of carbonyl (C=O) groups excluding carboxylic acids is 1. The van der Waals surface area contributed by atoms with Gasteiger partial charge in [0.15, 0.2) is 5.96 Å². The van der Waals surface area contributed by atoms with E-state index in [4.69, 9.17) is 0 Å². The molecule has 146 valence electrons.